The van der Waals surface area contributed by atoms with Gasteiger partial charge in [0.25, 0.3) is 0 Å². The van der Waals surface area contributed by atoms with E-state index in [9.17, 15) is 13.2 Å². The fraction of sp³-hybridized carbons (Fsp3) is 0.310. The van der Waals surface area contributed by atoms with Crippen LogP contribution in [0, 0.1) is 29.2 Å². The molecular formula is C29H28F4O3. The fourth-order valence-electron chi connectivity index (χ4n) is 4.21. The van der Waals surface area contributed by atoms with E-state index < -0.39 is 29.6 Å². The SMILES string of the molecule is CC=CCCC1COC(c2ccc(-c3ccc(-c4ccc(OCC)c(F)c4F)cc3)c(F)c2F)OC1. The van der Waals surface area contributed by atoms with E-state index in [4.69, 9.17) is 14.2 Å². The van der Waals surface area contributed by atoms with Crippen molar-refractivity contribution < 1.29 is 31.8 Å². The molecule has 4 rings (SSSR count). The highest BCUT2D eigenvalue weighted by atomic mass is 19.2. The molecule has 1 saturated heterocycles. The van der Waals surface area contributed by atoms with Gasteiger partial charge in [-0.3, -0.25) is 0 Å². The van der Waals surface area contributed by atoms with E-state index in [-0.39, 0.29) is 35.0 Å². The van der Waals surface area contributed by atoms with Gasteiger partial charge in [-0.15, -0.1) is 0 Å². The van der Waals surface area contributed by atoms with Crippen molar-refractivity contribution in [2.75, 3.05) is 19.8 Å². The number of hydrogen-bond acceptors (Lipinski definition) is 3. The van der Waals surface area contributed by atoms with Crippen LogP contribution in [0.3, 0.4) is 0 Å². The maximum Gasteiger partial charge on any atom is 0.201 e. The predicted octanol–water partition coefficient (Wildman–Crippen LogP) is 7.99. The summed E-state index contributed by atoms with van der Waals surface area (Å²) in [5.41, 5.74) is 0.875. The van der Waals surface area contributed by atoms with Crippen LogP contribution in [0.25, 0.3) is 22.3 Å². The molecule has 0 amide bonds. The van der Waals surface area contributed by atoms with E-state index in [2.05, 4.69) is 6.08 Å². The number of allylic oxidation sites excluding steroid dienone is 2. The van der Waals surface area contributed by atoms with Crippen molar-refractivity contribution in [3.8, 4) is 28.0 Å². The molecule has 0 aromatic heterocycles. The predicted molar refractivity (Wildman–Crippen MR) is 130 cm³/mol. The van der Waals surface area contributed by atoms with Crippen molar-refractivity contribution in [1.29, 1.82) is 0 Å². The molecule has 3 nitrogen and oxygen atoms in total. The summed E-state index contributed by atoms with van der Waals surface area (Å²) < 4.78 is 75.2. The van der Waals surface area contributed by atoms with Crippen molar-refractivity contribution in [1.82, 2.24) is 0 Å². The van der Waals surface area contributed by atoms with Crippen molar-refractivity contribution in [3.63, 3.8) is 0 Å². The summed E-state index contributed by atoms with van der Waals surface area (Å²) in [5, 5.41) is 0. The fourth-order valence-corrected chi connectivity index (χ4v) is 4.21. The van der Waals surface area contributed by atoms with Crippen LogP contribution in [0.5, 0.6) is 5.75 Å². The molecule has 0 atom stereocenters. The van der Waals surface area contributed by atoms with Crippen LogP contribution in [-0.2, 0) is 9.47 Å². The van der Waals surface area contributed by atoms with Crippen LogP contribution < -0.4 is 4.74 Å². The van der Waals surface area contributed by atoms with Gasteiger partial charge in [0.1, 0.15) is 0 Å². The normalized spacial score (nSPS) is 18.1. The highest BCUT2D eigenvalue weighted by molar-refractivity contribution is 5.71. The van der Waals surface area contributed by atoms with Gasteiger partial charge in [0.2, 0.25) is 5.82 Å². The zero-order valence-electron chi connectivity index (χ0n) is 20.2. The van der Waals surface area contributed by atoms with Gasteiger partial charge < -0.3 is 14.2 Å². The number of halogens is 4. The number of benzene rings is 3. The maximum atomic E-state index is 15.0. The highest BCUT2D eigenvalue weighted by Gasteiger charge is 2.28. The van der Waals surface area contributed by atoms with Crippen LogP contribution in [0.15, 0.2) is 60.7 Å². The summed E-state index contributed by atoms with van der Waals surface area (Å²) in [6, 6.07) is 11.8. The van der Waals surface area contributed by atoms with Gasteiger partial charge in [-0.1, -0.05) is 48.6 Å². The largest absolute Gasteiger partial charge is 0.491 e. The topological polar surface area (TPSA) is 27.7 Å². The van der Waals surface area contributed by atoms with Crippen molar-refractivity contribution >= 4 is 0 Å². The summed E-state index contributed by atoms with van der Waals surface area (Å²) in [4.78, 5) is 0. The van der Waals surface area contributed by atoms with Gasteiger partial charge in [0, 0.05) is 22.6 Å². The number of ether oxygens (including phenoxy) is 3. The monoisotopic (exact) mass is 500 g/mol. The minimum Gasteiger partial charge on any atom is -0.491 e. The van der Waals surface area contributed by atoms with Gasteiger partial charge in [-0.05, 0) is 49.9 Å². The van der Waals surface area contributed by atoms with Gasteiger partial charge in [0.15, 0.2) is 29.5 Å². The maximum absolute atomic E-state index is 15.0. The lowest BCUT2D eigenvalue weighted by molar-refractivity contribution is -0.207. The molecule has 1 heterocycles. The van der Waals surface area contributed by atoms with E-state index >= 15 is 4.39 Å². The quantitative estimate of drug-likeness (QED) is 0.232. The molecule has 7 heteroatoms. The lowest BCUT2D eigenvalue weighted by atomic mass is 9.98. The zero-order chi connectivity index (χ0) is 25.7. The number of rotatable bonds is 8. The summed E-state index contributed by atoms with van der Waals surface area (Å²) in [6.45, 7) is 4.67. The van der Waals surface area contributed by atoms with E-state index in [0.29, 0.717) is 24.3 Å². The first-order valence-corrected chi connectivity index (χ1v) is 12.0. The summed E-state index contributed by atoms with van der Waals surface area (Å²) in [6.07, 6.45) is 4.90. The van der Waals surface area contributed by atoms with Crippen LogP contribution in [0.1, 0.15) is 38.5 Å². The molecule has 0 spiro atoms. The van der Waals surface area contributed by atoms with E-state index in [1.807, 2.05) is 13.0 Å². The molecule has 0 saturated carbocycles. The standard InChI is InChI=1S/C29H28F4O3/c1-3-5-6-7-18-16-35-29(36-17-18)23-13-12-21(25(30)27(23)32)19-8-10-20(11-9-19)22-14-15-24(34-4-2)28(33)26(22)31/h3,5,8-15,18,29H,4,6-7,16-17H2,1-2H3. The molecule has 3 aromatic carbocycles. The Morgan fingerprint density at radius 2 is 1.39 bits per heavy atom. The molecule has 36 heavy (non-hydrogen) atoms. The minimum absolute atomic E-state index is 0.00621. The Morgan fingerprint density at radius 1 is 0.806 bits per heavy atom. The third-order valence-corrected chi connectivity index (χ3v) is 6.16. The molecule has 0 N–H and O–H groups in total. The van der Waals surface area contributed by atoms with E-state index in [1.165, 1.54) is 48.5 Å². The average molecular weight is 501 g/mol. The number of hydrogen-bond donors (Lipinski definition) is 0. The van der Waals surface area contributed by atoms with Crippen molar-refractivity contribution in [3.05, 3.63) is 89.5 Å². The Kier molecular flexibility index (Phi) is 8.44. The molecule has 0 radical (unpaired) electrons. The summed E-state index contributed by atoms with van der Waals surface area (Å²) >= 11 is 0. The first-order valence-electron chi connectivity index (χ1n) is 12.0. The second-order valence-corrected chi connectivity index (χ2v) is 8.59. The van der Waals surface area contributed by atoms with Crippen LogP contribution in [0.2, 0.25) is 0 Å². The van der Waals surface area contributed by atoms with Gasteiger partial charge in [0.05, 0.1) is 19.8 Å². The second kappa shape index (κ2) is 11.7. The Balaban J connectivity index is 1.50. The van der Waals surface area contributed by atoms with Crippen LogP contribution >= 0.6 is 0 Å². The third kappa shape index (κ3) is 5.47. The van der Waals surface area contributed by atoms with E-state index in [0.717, 1.165) is 12.8 Å². The molecule has 3 aromatic rings. The first kappa shape index (κ1) is 25.9. The Morgan fingerprint density at radius 3 is 1.97 bits per heavy atom. The third-order valence-electron chi connectivity index (χ3n) is 6.16. The van der Waals surface area contributed by atoms with E-state index in [1.54, 1.807) is 6.92 Å². The molecule has 1 fully saturated rings. The lowest BCUT2D eigenvalue weighted by Gasteiger charge is -2.29. The van der Waals surface area contributed by atoms with Crippen molar-refractivity contribution in [2.45, 2.75) is 33.0 Å². The smallest absolute Gasteiger partial charge is 0.201 e. The van der Waals surface area contributed by atoms with Gasteiger partial charge in [-0.25, -0.2) is 13.2 Å². The molecule has 0 unspecified atom stereocenters. The summed E-state index contributed by atoms with van der Waals surface area (Å²) in [7, 11) is 0. The Hall–Kier alpha value is -3.16. The minimum atomic E-state index is -1.07. The lowest BCUT2D eigenvalue weighted by Crippen LogP contribution is -2.27. The molecule has 0 bridgehead atoms. The molecular weight excluding hydrogens is 472 g/mol. The first-order chi connectivity index (χ1) is 17.4. The molecule has 0 aliphatic carbocycles. The Bertz CT molecular complexity index is 1220. The van der Waals surface area contributed by atoms with Gasteiger partial charge >= 0.3 is 0 Å². The van der Waals surface area contributed by atoms with Crippen molar-refractivity contribution in [2.24, 2.45) is 5.92 Å². The van der Waals surface area contributed by atoms with Crippen LogP contribution in [-0.4, -0.2) is 19.8 Å². The average Bonchev–Trinajstić information content (AvgIpc) is 2.90. The highest BCUT2D eigenvalue weighted by Crippen LogP contribution is 2.35. The van der Waals surface area contributed by atoms with Gasteiger partial charge in [-0.2, -0.15) is 4.39 Å². The zero-order valence-corrected chi connectivity index (χ0v) is 20.2. The molecule has 1 aliphatic heterocycles. The molecule has 190 valence electrons. The van der Waals surface area contributed by atoms with Crippen LogP contribution in [0.4, 0.5) is 17.6 Å². The summed E-state index contributed by atoms with van der Waals surface area (Å²) in [5.74, 6) is -4.13. The molecule has 1 aliphatic rings. The second-order valence-electron chi connectivity index (χ2n) is 8.59. The Labute approximate surface area is 208 Å².